The van der Waals surface area contributed by atoms with E-state index in [0.29, 0.717) is 0 Å². The lowest BCUT2D eigenvalue weighted by Crippen LogP contribution is -2.61. The van der Waals surface area contributed by atoms with Crippen molar-refractivity contribution in [2.75, 3.05) is 14.7 Å². The number of aromatic nitrogens is 1. The SMILES string of the molecule is Cn1c2ccccc2c2c(N(c3ccc(C(C)(C)C)cc3)c3ccc(C(C)(C)C)cc3)cc(N3c4ccc(C(C)(C)C)cc4B4c5cc(C(C)(C)C)ccc5N(c5ccc(C(C)(C)C)cc5)c5cc(C(C)(C)C)cc3c54)cc21. The van der Waals surface area contributed by atoms with Crippen molar-refractivity contribution in [3.8, 4) is 0 Å². The predicted molar refractivity (Wildman–Crippen MR) is 341 cm³/mol. The van der Waals surface area contributed by atoms with Crippen LogP contribution in [0.1, 0.15) is 158 Å². The molecule has 9 aromatic rings. The Kier molecular flexibility index (Phi) is 12.3. The second-order valence-corrected chi connectivity index (χ2v) is 29.0. The van der Waals surface area contributed by atoms with Gasteiger partial charge in [-0.3, -0.25) is 0 Å². The first kappa shape index (κ1) is 53.0. The molecule has 2 aliphatic heterocycles. The molecule has 398 valence electrons. The maximum atomic E-state index is 2.65. The van der Waals surface area contributed by atoms with Crippen LogP contribution < -0.4 is 31.1 Å². The van der Waals surface area contributed by atoms with Gasteiger partial charge in [-0.1, -0.05) is 203 Å². The number of rotatable bonds is 5. The van der Waals surface area contributed by atoms with Crippen molar-refractivity contribution in [3.05, 3.63) is 191 Å². The number of hydrogen-bond donors (Lipinski definition) is 0. The summed E-state index contributed by atoms with van der Waals surface area (Å²) in [6.07, 6.45) is 0. The average Bonchev–Trinajstić information content (AvgIpc) is 3.79. The maximum Gasteiger partial charge on any atom is 0.252 e. The number of fused-ring (bicyclic) bond motifs is 7. The molecule has 2 aliphatic rings. The topological polar surface area (TPSA) is 14.7 Å². The zero-order valence-electron chi connectivity index (χ0n) is 50.4. The van der Waals surface area contributed by atoms with Gasteiger partial charge >= 0.3 is 0 Å². The van der Waals surface area contributed by atoms with Crippen molar-refractivity contribution < 1.29 is 0 Å². The first-order valence-electron chi connectivity index (χ1n) is 28.6. The Balaban J connectivity index is 1.28. The average molecular weight is 1030 g/mol. The molecule has 0 N–H and O–H groups in total. The molecule has 5 heteroatoms. The molecule has 0 unspecified atom stereocenters. The fourth-order valence-corrected chi connectivity index (χ4v) is 12.2. The third-order valence-electron chi connectivity index (χ3n) is 17.1. The van der Waals surface area contributed by atoms with Gasteiger partial charge in [0.05, 0.1) is 16.9 Å². The summed E-state index contributed by atoms with van der Waals surface area (Å²) < 4.78 is 2.42. The maximum absolute atomic E-state index is 2.65. The lowest BCUT2D eigenvalue weighted by Gasteiger charge is -2.46. The molecule has 78 heavy (non-hydrogen) atoms. The molecular formula is C73H83BN4. The Morgan fingerprint density at radius 2 is 0.744 bits per heavy atom. The second kappa shape index (κ2) is 18.0. The summed E-state index contributed by atoms with van der Waals surface area (Å²) in [6.45, 7) is 42.0. The van der Waals surface area contributed by atoms with E-state index >= 15 is 0 Å². The molecule has 0 spiro atoms. The van der Waals surface area contributed by atoms with E-state index in [2.05, 4.69) is 309 Å². The summed E-state index contributed by atoms with van der Waals surface area (Å²) in [5, 5.41) is 2.47. The highest BCUT2D eigenvalue weighted by Crippen LogP contribution is 2.51. The van der Waals surface area contributed by atoms with Crippen LogP contribution in [0.25, 0.3) is 21.8 Å². The van der Waals surface area contributed by atoms with Gasteiger partial charge in [0.25, 0.3) is 6.71 Å². The third kappa shape index (κ3) is 9.03. The fourth-order valence-electron chi connectivity index (χ4n) is 12.2. The van der Waals surface area contributed by atoms with Crippen LogP contribution in [0.2, 0.25) is 0 Å². The van der Waals surface area contributed by atoms with E-state index in [4.69, 9.17) is 0 Å². The van der Waals surface area contributed by atoms with E-state index in [9.17, 15) is 0 Å². The van der Waals surface area contributed by atoms with E-state index < -0.39 is 0 Å². The lowest BCUT2D eigenvalue weighted by atomic mass is 9.33. The highest BCUT2D eigenvalue weighted by molar-refractivity contribution is 7.00. The zero-order valence-corrected chi connectivity index (χ0v) is 50.4. The van der Waals surface area contributed by atoms with Crippen LogP contribution >= 0.6 is 0 Å². The number of benzene rings is 8. The molecule has 0 saturated heterocycles. The van der Waals surface area contributed by atoms with Gasteiger partial charge < -0.3 is 19.3 Å². The Labute approximate surface area is 468 Å². The Morgan fingerprint density at radius 1 is 0.346 bits per heavy atom. The van der Waals surface area contributed by atoms with Gasteiger partial charge in [-0.15, -0.1) is 0 Å². The van der Waals surface area contributed by atoms with Gasteiger partial charge in [-0.05, 0) is 161 Å². The van der Waals surface area contributed by atoms with E-state index in [1.165, 1.54) is 100 Å². The summed E-state index contributed by atoms with van der Waals surface area (Å²) in [6, 6.07) is 61.9. The lowest BCUT2D eigenvalue weighted by molar-refractivity contribution is 0.589. The van der Waals surface area contributed by atoms with Crippen molar-refractivity contribution in [3.63, 3.8) is 0 Å². The molecule has 0 bridgehead atoms. The third-order valence-corrected chi connectivity index (χ3v) is 17.1. The largest absolute Gasteiger partial charge is 0.343 e. The fraction of sp³-hybridized carbons (Fsp3) is 0.342. The van der Waals surface area contributed by atoms with Crippen LogP contribution in [-0.4, -0.2) is 11.3 Å². The summed E-state index contributed by atoms with van der Waals surface area (Å²) >= 11 is 0. The molecule has 4 nitrogen and oxygen atoms in total. The number of aryl methyl sites for hydroxylation is 1. The Hall–Kier alpha value is -6.98. The van der Waals surface area contributed by atoms with Crippen LogP contribution in [0.5, 0.6) is 0 Å². The monoisotopic (exact) mass is 1030 g/mol. The van der Waals surface area contributed by atoms with Crippen LogP contribution in [-0.2, 0) is 39.5 Å². The molecule has 1 aromatic heterocycles. The molecule has 0 aliphatic carbocycles. The molecule has 0 saturated carbocycles. The number of anilines is 9. The summed E-state index contributed by atoms with van der Waals surface area (Å²) in [7, 11) is 2.25. The Bertz CT molecular complexity index is 3740. The molecule has 8 aromatic carbocycles. The van der Waals surface area contributed by atoms with E-state index in [1.54, 1.807) is 0 Å². The summed E-state index contributed by atoms with van der Waals surface area (Å²) in [5.41, 5.74) is 24.7. The number of nitrogens with zero attached hydrogens (tertiary/aromatic N) is 4. The van der Waals surface area contributed by atoms with Gasteiger partial charge in [0.1, 0.15) is 0 Å². The first-order chi connectivity index (χ1) is 36.4. The van der Waals surface area contributed by atoms with Gasteiger partial charge in [0.2, 0.25) is 0 Å². The van der Waals surface area contributed by atoms with E-state index in [-0.39, 0.29) is 39.2 Å². The standard InChI is InChI=1S/C73H83BN4/c1-68(2,3)46-24-32-52(33-25-46)76(53-34-26-47(27-35-53)69(4,5)6)63-45-55(44-62-66(63)56-22-20-21-23-59(56)75(62)19)78-61-39-31-50(72(13,14)15)41-58(61)74-57-40-49(71(10,11)12)30-38-60(57)77(54-36-28-48(29-37-54)70(7,8)9)64-42-51(73(16,17)18)43-65(78)67(64)74/h20-45H,1-19H3. The van der Waals surface area contributed by atoms with Gasteiger partial charge in [0, 0.05) is 63.1 Å². The number of hydrogen-bond acceptors (Lipinski definition) is 3. The molecule has 0 fully saturated rings. The van der Waals surface area contributed by atoms with Crippen molar-refractivity contribution in [2.24, 2.45) is 7.05 Å². The predicted octanol–water partition coefficient (Wildman–Crippen LogP) is 18.7. The van der Waals surface area contributed by atoms with Gasteiger partial charge in [-0.2, -0.15) is 0 Å². The minimum Gasteiger partial charge on any atom is -0.343 e. The van der Waals surface area contributed by atoms with Crippen molar-refractivity contribution >= 4 is 96.1 Å². The van der Waals surface area contributed by atoms with E-state index in [0.717, 1.165) is 22.7 Å². The smallest absolute Gasteiger partial charge is 0.252 e. The van der Waals surface area contributed by atoms with Crippen LogP contribution in [0.4, 0.5) is 51.2 Å². The molecular weight excluding hydrogens is 944 g/mol. The van der Waals surface area contributed by atoms with Crippen molar-refractivity contribution in [1.29, 1.82) is 0 Å². The van der Waals surface area contributed by atoms with E-state index in [1.807, 2.05) is 0 Å². The molecule has 0 amide bonds. The summed E-state index contributed by atoms with van der Waals surface area (Å²) in [5.74, 6) is 0. The highest BCUT2D eigenvalue weighted by atomic mass is 15.2. The second-order valence-electron chi connectivity index (χ2n) is 29.0. The van der Waals surface area contributed by atoms with Crippen molar-refractivity contribution in [1.82, 2.24) is 4.57 Å². The molecule has 11 rings (SSSR count). The summed E-state index contributed by atoms with van der Waals surface area (Å²) in [4.78, 5) is 7.77. The normalized spacial score (nSPS) is 14.0. The quantitative estimate of drug-likeness (QED) is 0.160. The first-order valence-corrected chi connectivity index (χ1v) is 28.6. The minimum atomic E-state index is -0.165. The van der Waals surface area contributed by atoms with Gasteiger partial charge in [-0.25, -0.2) is 0 Å². The highest BCUT2D eigenvalue weighted by Gasteiger charge is 2.45. The van der Waals surface area contributed by atoms with Crippen molar-refractivity contribution in [2.45, 2.75) is 157 Å². The zero-order chi connectivity index (χ0) is 56.0. The number of para-hydroxylation sites is 1. The van der Waals surface area contributed by atoms with Gasteiger partial charge in [0.15, 0.2) is 0 Å². The van der Waals surface area contributed by atoms with Crippen LogP contribution in [0.3, 0.4) is 0 Å². The molecule has 0 radical (unpaired) electrons. The molecule has 0 atom stereocenters. The minimum absolute atomic E-state index is 0.00785. The van der Waals surface area contributed by atoms with Crippen LogP contribution in [0, 0.1) is 0 Å². The Morgan fingerprint density at radius 3 is 1.18 bits per heavy atom. The molecule has 3 heterocycles. The van der Waals surface area contributed by atoms with Crippen LogP contribution in [0.15, 0.2) is 158 Å².